The highest BCUT2D eigenvalue weighted by atomic mass is 16.5. The van der Waals surface area contributed by atoms with E-state index in [4.69, 9.17) is 9.47 Å². The van der Waals surface area contributed by atoms with E-state index < -0.39 is 12.0 Å². The highest BCUT2D eigenvalue weighted by Gasteiger charge is 2.31. The number of nitrogens with one attached hydrogen (secondary N) is 1. The van der Waals surface area contributed by atoms with Crippen molar-refractivity contribution in [1.82, 2.24) is 5.32 Å². The summed E-state index contributed by atoms with van der Waals surface area (Å²) in [4.78, 5) is 23.4. The van der Waals surface area contributed by atoms with Gasteiger partial charge in [0.1, 0.15) is 12.6 Å². The molecule has 0 spiro atoms. The van der Waals surface area contributed by atoms with Crippen molar-refractivity contribution in [3.63, 3.8) is 0 Å². The third-order valence-corrected chi connectivity index (χ3v) is 4.71. The van der Waals surface area contributed by atoms with Gasteiger partial charge >= 0.3 is 5.97 Å². The lowest BCUT2D eigenvalue weighted by Crippen LogP contribution is -2.49. The van der Waals surface area contributed by atoms with E-state index >= 15 is 0 Å². The average molecular weight is 313 g/mol. The molecule has 1 heterocycles. The second-order valence-corrected chi connectivity index (χ2v) is 6.47. The Kier molecular flexibility index (Phi) is 6.64. The molecular weight excluding hydrogens is 286 g/mol. The molecule has 1 amide bonds. The average Bonchev–Trinajstić information content (AvgIpc) is 2.52. The van der Waals surface area contributed by atoms with Crippen LogP contribution in [0.3, 0.4) is 0 Å². The molecule has 2 fully saturated rings. The fourth-order valence-electron chi connectivity index (χ4n) is 3.34. The molecule has 6 heteroatoms. The molecule has 1 saturated carbocycles. The lowest BCUT2D eigenvalue weighted by Gasteiger charge is -2.30. The topological polar surface area (TPSA) is 84.9 Å². The molecule has 0 aromatic carbocycles. The minimum atomic E-state index is -1.00. The van der Waals surface area contributed by atoms with E-state index in [9.17, 15) is 14.7 Å². The molecule has 2 rings (SSSR count). The molecule has 0 bridgehead atoms. The maximum atomic E-state index is 12.0. The summed E-state index contributed by atoms with van der Waals surface area (Å²) in [5.74, 6) is -1.06. The van der Waals surface area contributed by atoms with Gasteiger partial charge < -0.3 is 19.9 Å². The van der Waals surface area contributed by atoms with Gasteiger partial charge in [0.2, 0.25) is 5.91 Å². The van der Waals surface area contributed by atoms with Crippen LogP contribution in [0.25, 0.3) is 0 Å². The Labute approximate surface area is 131 Å². The van der Waals surface area contributed by atoms with E-state index in [2.05, 4.69) is 12.2 Å². The molecule has 4 unspecified atom stereocenters. The summed E-state index contributed by atoms with van der Waals surface area (Å²) in [6, 6.07) is -0.889. The van der Waals surface area contributed by atoms with Crippen molar-refractivity contribution in [3.8, 4) is 0 Å². The van der Waals surface area contributed by atoms with Gasteiger partial charge in [-0.05, 0) is 31.6 Å². The second-order valence-electron chi connectivity index (χ2n) is 6.47. The Bertz CT molecular complexity index is 381. The predicted molar refractivity (Wildman–Crippen MR) is 80.5 cm³/mol. The predicted octanol–water partition coefficient (Wildman–Crippen LogP) is 1.58. The fraction of sp³-hybridized carbons (Fsp3) is 0.875. The van der Waals surface area contributed by atoms with Crippen LogP contribution >= 0.6 is 0 Å². The molecular formula is C16H27NO5. The first-order chi connectivity index (χ1) is 10.6. The van der Waals surface area contributed by atoms with Gasteiger partial charge in [0.25, 0.3) is 0 Å². The molecule has 1 saturated heterocycles. The number of aliphatic carboxylic acids is 1. The van der Waals surface area contributed by atoms with Gasteiger partial charge in [0, 0.05) is 12.5 Å². The summed E-state index contributed by atoms with van der Waals surface area (Å²) in [5, 5.41) is 11.9. The molecule has 6 nitrogen and oxygen atoms in total. The maximum Gasteiger partial charge on any atom is 0.326 e. The van der Waals surface area contributed by atoms with Crippen LogP contribution in [0.1, 0.15) is 45.4 Å². The molecule has 0 aromatic heterocycles. The van der Waals surface area contributed by atoms with Crippen molar-refractivity contribution >= 4 is 11.9 Å². The monoisotopic (exact) mass is 313 g/mol. The van der Waals surface area contributed by atoms with Crippen LogP contribution in [0.5, 0.6) is 0 Å². The maximum absolute atomic E-state index is 12.0. The van der Waals surface area contributed by atoms with Crippen LogP contribution in [0.2, 0.25) is 0 Å². The van der Waals surface area contributed by atoms with Crippen molar-refractivity contribution in [1.29, 1.82) is 0 Å². The van der Waals surface area contributed by atoms with Gasteiger partial charge in [0.05, 0.1) is 12.7 Å². The fourth-order valence-corrected chi connectivity index (χ4v) is 3.34. The second kappa shape index (κ2) is 8.48. The third-order valence-electron chi connectivity index (χ3n) is 4.71. The van der Waals surface area contributed by atoms with E-state index in [1.165, 1.54) is 6.42 Å². The lowest BCUT2D eigenvalue weighted by molar-refractivity contribution is -0.146. The zero-order valence-electron chi connectivity index (χ0n) is 13.3. The summed E-state index contributed by atoms with van der Waals surface area (Å²) in [6.07, 6.45) is 6.17. The Morgan fingerprint density at radius 2 is 2.05 bits per heavy atom. The van der Waals surface area contributed by atoms with Crippen LogP contribution in [0.4, 0.5) is 0 Å². The van der Waals surface area contributed by atoms with Crippen molar-refractivity contribution in [2.24, 2.45) is 11.8 Å². The van der Waals surface area contributed by atoms with Crippen LogP contribution in [0, 0.1) is 11.8 Å². The van der Waals surface area contributed by atoms with E-state index in [1.807, 2.05) is 0 Å². The minimum absolute atomic E-state index is 0.0631. The summed E-state index contributed by atoms with van der Waals surface area (Å²) >= 11 is 0. The Hall–Kier alpha value is -1.14. The highest BCUT2D eigenvalue weighted by molar-refractivity contribution is 5.84. The molecule has 4 atom stereocenters. The van der Waals surface area contributed by atoms with Crippen molar-refractivity contribution in [2.45, 2.75) is 57.6 Å². The van der Waals surface area contributed by atoms with Gasteiger partial charge in [-0.2, -0.15) is 0 Å². The molecule has 0 aromatic rings. The summed E-state index contributed by atoms with van der Waals surface area (Å²) in [5.41, 5.74) is 0. The first-order valence-electron chi connectivity index (χ1n) is 8.29. The van der Waals surface area contributed by atoms with E-state index in [0.29, 0.717) is 19.1 Å². The summed E-state index contributed by atoms with van der Waals surface area (Å²) in [6.45, 7) is 3.13. The number of carbonyl (C=O) groups is 2. The smallest absolute Gasteiger partial charge is 0.326 e. The molecule has 126 valence electrons. The SMILES string of the molecule is CC1CCCCC1OCC(=O)NC(C(=O)O)C1CCCOC1. The van der Waals surface area contributed by atoms with Crippen LogP contribution in [-0.4, -0.2) is 48.9 Å². The summed E-state index contributed by atoms with van der Waals surface area (Å²) < 4.78 is 11.0. The number of hydrogen-bond acceptors (Lipinski definition) is 4. The Morgan fingerprint density at radius 1 is 1.27 bits per heavy atom. The lowest BCUT2D eigenvalue weighted by atomic mass is 9.88. The number of ether oxygens (including phenoxy) is 2. The zero-order chi connectivity index (χ0) is 15.9. The minimum Gasteiger partial charge on any atom is -0.480 e. The van der Waals surface area contributed by atoms with Crippen molar-refractivity contribution in [2.75, 3.05) is 19.8 Å². The number of amides is 1. The molecule has 2 N–H and O–H groups in total. The van der Waals surface area contributed by atoms with E-state index in [-0.39, 0.29) is 24.5 Å². The van der Waals surface area contributed by atoms with Crippen LogP contribution < -0.4 is 5.32 Å². The van der Waals surface area contributed by atoms with Gasteiger partial charge in [-0.3, -0.25) is 4.79 Å². The van der Waals surface area contributed by atoms with Gasteiger partial charge in [-0.25, -0.2) is 4.79 Å². The quantitative estimate of drug-likeness (QED) is 0.777. The normalized spacial score (nSPS) is 30.5. The Morgan fingerprint density at radius 3 is 2.68 bits per heavy atom. The summed E-state index contributed by atoms with van der Waals surface area (Å²) in [7, 11) is 0. The molecule has 0 radical (unpaired) electrons. The van der Waals surface area contributed by atoms with Gasteiger partial charge in [0.15, 0.2) is 0 Å². The largest absolute Gasteiger partial charge is 0.480 e. The number of rotatable bonds is 6. The van der Waals surface area contributed by atoms with Crippen LogP contribution in [0.15, 0.2) is 0 Å². The number of carboxylic acid groups (broad SMARTS) is 1. The van der Waals surface area contributed by atoms with Gasteiger partial charge in [-0.1, -0.05) is 19.8 Å². The standard InChI is InChI=1S/C16H27NO5/c1-11-5-2-3-7-13(11)22-10-14(18)17-15(16(19)20)12-6-4-8-21-9-12/h11-13,15H,2-10H2,1H3,(H,17,18)(H,19,20). The first-order valence-corrected chi connectivity index (χ1v) is 8.29. The van der Waals surface area contributed by atoms with Crippen molar-refractivity contribution < 1.29 is 24.2 Å². The van der Waals surface area contributed by atoms with E-state index in [0.717, 1.165) is 32.1 Å². The number of carboxylic acids is 1. The zero-order valence-corrected chi connectivity index (χ0v) is 13.3. The van der Waals surface area contributed by atoms with Crippen LogP contribution in [-0.2, 0) is 19.1 Å². The number of carbonyl (C=O) groups excluding carboxylic acids is 1. The molecule has 1 aliphatic carbocycles. The molecule has 1 aliphatic heterocycles. The third kappa shape index (κ3) is 4.95. The molecule has 22 heavy (non-hydrogen) atoms. The van der Waals surface area contributed by atoms with Gasteiger partial charge in [-0.15, -0.1) is 0 Å². The van der Waals surface area contributed by atoms with Crippen molar-refractivity contribution in [3.05, 3.63) is 0 Å². The van der Waals surface area contributed by atoms with E-state index in [1.54, 1.807) is 0 Å². The Balaban J connectivity index is 1.79. The number of hydrogen-bond donors (Lipinski definition) is 2. The highest BCUT2D eigenvalue weighted by Crippen LogP contribution is 2.26. The molecule has 2 aliphatic rings. The first kappa shape index (κ1) is 17.2.